The number of rotatable bonds is 6. The van der Waals surface area contributed by atoms with Crippen LogP contribution in [0.1, 0.15) is 24.1 Å². The molecule has 1 aliphatic heterocycles. The molecule has 0 radical (unpaired) electrons. The first-order valence-electron chi connectivity index (χ1n) is 10.2. The number of methoxy groups -OCH3 is 1. The smallest absolute Gasteiger partial charge is 0.338 e. The van der Waals surface area contributed by atoms with E-state index in [1.165, 1.54) is 18.4 Å². The largest absolute Gasteiger partial charge is 0.487 e. The molecule has 0 unspecified atom stereocenters. The van der Waals surface area contributed by atoms with E-state index in [0.29, 0.717) is 33.0 Å². The minimum absolute atomic E-state index is 0.231. The highest BCUT2D eigenvalue weighted by Gasteiger charge is 2.32. The molecule has 2 heterocycles. The molecule has 0 saturated heterocycles. The van der Waals surface area contributed by atoms with E-state index in [9.17, 15) is 9.59 Å². The average Bonchev–Trinajstić information content (AvgIpc) is 3.12. The van der Waals surface area contributed by atoms with Crippen molar-refractivity contribution in [3.63, 3.8) is 0 Å². The van der Waals surface area contributed by atoms with Crippen molar-refractivity contribution in [1.29, 1.82) is 0 Å². The van der Waals surface area contributed by atoms with E-state index < -0.39 is 12.0 Å². The molecule has 3 aromatic rings. The maximum atomic E-state index is 13.6. The van der Waals surface area contributed by atoms with Crippen LogP contribution in [-0.2, 0) is 9.53 Å². The number of aromatic nitrogens is 1. The Hall–Kier alpha value is -2.75. The van der Waals surface area contributed by atoms with Crippen molar-refractivity contribution in [2.45, 2.75) is 13.0 Å². The van der Waals surface area contributed by atoms with Gasteiger partial charge in [-0.15, -0.1) is 0 Å². The van der Waals surface area contributed by atoms with Crippen molar-refractivity contribution in [2.75, 3.05) is 13.7 Å². The van der Waals surface area contributed by atoms with E-state index >= 15 is 0 Å². The summed E-state index contributed by atoms with van der Waals surface area (Å²) in [5.74, 6) is 0.147. The normalized spacial score (nSPS) is 15.5. The number of hydrogen-bond donors (Lipinski definition) is 0. The number of ether oxygens (including phenoxy) is 2. The molecule has 1 aliphatic rings. The third-order valence-corrected chi connectivity index (χ3v) is 7.37. The van der Waals surface area contributed by atoms with Gasteiger partial charge in [0.15, 0.2) is 4.80 Å². The molecule has 6 nitrogen and oxygen atoms in total. The summed E-state index contributed by atoms with van der Waals surface area (Å²) in [5.41, 5.74) is 2.25. The minimum Gasteiger partial charge on any atom is -0.487 e. The summed E-state index contributed by atoms with van der Waals surface area (Å²) >= 11 is 8.34. The van der Waals surface area contributed by atoms with Crippen LogP contribution in [0.2, 0.25) is 0 Å². The summed E-state index contributed by atoms with van der Waals surface area (Å²) in [6.45, 7) is 5.80. The summed E-state index contributed by atoms with van der Waals surface area (Å²) in [4.78, 5) is 31.4. The van der Waals surface area contributed by atoms with E-state index in [1.54, 1.807) is 23.6 Å². The van der Waals surface area contributed by atoms with E-state index in [1.807, 2.05) is 42.5 Å². The van der Waals surface area contributed by atoms with Gasteiger partial charge >= 0.3 is 5.97 Å². The Morgan fingerprint density at radius 1 is 1.24 bits per heavy atom. The predicted molar refractivity (Wildman–Crippen MR) is 140 cm³/mol. The first kappa shape index (κ1) is 24.4. The van der Waals surface area contributed by atoms with Crippen LogP contribution in [0.15, 0.2) is 85.1 Å². The Morgan fingerprint density at radius 3 is 2.53 bits per heavy atom. The van der Waals surface area contributed by atoms with Crippen LogP contribution in [-0.4, -0.2) is 24.3 Å². The SMILES string of the molecule is C=CCOc1c(Br)cc(/C=c2\sc3n(c2=O)[C@@H](c2ccccc2)C(C(=O)OC)=C(C)N=3)cc1Br. The average molecular weight is 604 g/mol. The van der Waals surface area contributed by atoms with Crippen LogP contribution in [0.3, 0.4) is 0 Å². The zero-order valence-electron chi connectivity index (χ0n) is 18.4. The second-order valence-electron chi connectivity index (χ2n) is 7.40. The fourth-order valence-electron chi connectivity index (χ4n) is 3.74. The van der Waals surface area contributed by atoms with Crippen LogP contribution >= 0.6 is 43.2 Å². The lowest BCUT2D eigenvalue weighted by atomic mass is 9.96. The highest BCUT2D eigenvalue weighted by Crippen LogP contribution is 2.35. The highest BCUT2D eigenvalue weighted by atomic mass is 79.9. The van der Waals surface area contributed by atoms with Crippen LogP contribution in [0.5, 0.6) is 5.75 Å². The number of fused-ring (bicyclic) bond motifs is 1. The number of benzene rings is 2. The third kappa shape index (κ3) is 4.60. The topological polar surface area (TPSA) is 69.9 Å². The molecule has 0 aliphatic carbocycles. The molecular weight excluding hydrogens is 584 g/mol. The quantitative estimate of drug-likeness (QED) is 0.307. The van der Waals surface area contributed by atoms with Crippen molar-refractivity contribution >= 4 is 55.2 Å². The molecule has 4 rings (SSSR count). The Morgan fingerprint density at radius 2 is 1.91 bits per heavy atom. The van der Waals surface area contributed by atoms with Gasteiger partial charge in [-0.05, 0) is 68.1 Å². The van der Waals surface area contributed by atoms with Gasteiger partial charge < -0.3 is 9.47 Å². The van der Waals surface area contributed by atoms with Crippen molar-refractivity contribution in [3.05, 3.63) is 106 Å². The summed E-state index contributed by atoms with van der Waals surface area (Å²) in [5, 5.41) is 0. The lowest BCUT2D eigenvalue weighted by Gasteiger charge is -2.24. The first-order valence-corrected chi connectivity index (χ1v) is 12.6. The Labute approximate surface area is 216 Å². The van der Waals surface area contributed by atoms with Crippen molar-refractivity contribution in [2.24, 2.45) is 4.99 Å². The van der Waals surface area contributed by atoms with Crippen LogP contribution in [0.4, 0.5) is 0 Å². The number of halogens is 2. The van der Waals surface area contributed by atoms with Crippen LogP contribution in [0.25, 0.3) is 6.08 Å². The maximum absolute atomic E-state index is 13.6. The summed E-state index contributed by atoms with van der Waals surface area (Å²) in [6, 6.07) is 12.5. The van der Waals surface area contributed by atoms with E-state index in [-0.39, 0.29) is 5.56 Å². The van der Waals surface area contributed by atoms with E-state index in [4.69, 9.17) is 9.47 Å². The van der Waals surface area contributed by atoms with Gasteiger partial charge in [0, 0.05) is 0 Å². The van der Waals surface area contributed by atoms with Crippen molar-refractivity contribution in [1.82, 2.24) is 4.57 Å². The zero-order chi connectivity index (χ0) is 24.4. The van der Waals surface area contributed by atoms with Gasteiger partial charge in [0.2, 0.25) is 0 Å². The molecule has 0 saturated carbocycles. The Balaban J connectivity index is 1.89. The monoisotopic (exact) mass is 602 g/mol. The molecule has 34 heavy (non-hydrogen) atoms. The fraction of sp³-hybridized carbons (Fsp3) is 0.160. The summed E-state index contributed by atoms with van der Waals surface area (Å²) in [7, 11) is 1.33. The second-order valence-corrected chi connectivity index (χ2v) is 10.1. The molecule has 0 bridgehead atoms. The lowest BCUT2D eigenvalue weighted by molar-refractivity contribution is -0.136. The van der Waals surface area contributed by atoms with Gasteiger partial charge in [-0.2, -0.15) is 0 Å². The summed E-state index contributed by atoms with van der Waals surface area (Å²) < 4.78 is 14.3. The minimum atomic E-state index is -0.625. The third-order valence-electron chi connectivity index (χ3n) is 5.21. The van der Waals surface area contributed by atoms with Gasteiger partial charge in [-0.1, -0.05) is 54.3 Å². The van der Waals surface area contributed by atoms with Crippen molar-refractivity contribution < 1.29 is 14.3 Å². The number of thiazole rings is 1. The zero-order valence-corrected chi connectivity index (χ0v) is 22.4. The van der Waals surface area contributed by atoms with Gasteiger partial charge in [0.05, 0.1) is 37.9 Å². The molecule has 0 amide bonds. The van der Waals surface area contributed by atoms with Gasteiger partial charge in [-0.25, -0.2) is 9.79 Å². The highest BCUT2D eigenvalue weighted by molar-refractivity contribution is 9.11. The molecule has 0 fully saturated rings. The standard InChI is InChI=1S/C25H20Br2N2O4S/c1-4-10-33-22-17(26)11-15(12-18(22)27)13-19-23(30)29-21(16-8-6-5-7-9-16)20(24(31)32-3)14(2)28-25(29)34-19/h4-9,11-13,21H,1,10H2,2-3H3/b19-13-/t21-/m0/s1. The molecule has 174 valence electrons. The van der Waals surface area contributed by atoms with Crippen LogP contribution < -0.4 is 19.6 Å². The Kier molecular flexibility index (Phi) is 7.35. The van der Waals surface area contributed by atoms with E-state index in [2.05, 4.69) is 43.4 Å². The molecule has 0 spiro atoms. The first-order chi connectivity index (χ1) is 16.3. The number of carbonyl (C=O) groups is 1. The summed E-state index contributed by atoms with van der Waals surface area (Å²) in [6.07, 6.45) is 3.47. The molecule has 1 aromatic heterocycles. The number of nitrogens with zero attached hydrogens (tertiary/aromatic N) is 2. The van der Waals surface area contributed by atoms with E-state index in [0.717, 1.165) is 20.1 Å². The maximum Gasteiger partial charge on any atom is 0.338 e. The van der Waals surface area contributed by atoms with Crippen LogP contribution in [0, 0.1) is 0 Å². The molecule has 2 aromatic carbocycles. The molecule has 9 heteroatoms. The molecule has 0 N–H and O–H groups in total. The van der Waals surface area contributed by atoms with Gasteiger partial charge in [-0.3, -0.25) is 9.36 Å². The molecular formula is C25H20Br2N2O4S. The number of carbonyl (C=O) groups excluding carboxylic acids is 1. The van der Waals surface area contributed by atoms with Gasteiger partial charge in [0.25, 0.3) is 5.56 Å². The number of hydrogen-bond acceptors (Lipinski definition) is 6. The lowest BCUT2D eigenvalue weighted by Crippen LogP contribution is -2.39. The second kappa shape index (κ2) is 10.2. The van der Waals surface area contributed by atoms with Crippen molar-refractivity contribution in [3.8, 4) is 5.75 Å². The fourth-order valence-corrected chi connectivity index (χ4v) is 6.24. The Bertz CT molecular complexity index is 1470. The number of allylic oxidation sites excluding steroid dienone is 1. The number of esters is 1. The van der Waals surface area contributed by atoms with Gasteiger partial charge in [0.1, 0.15) is 12.4 Å². The molecule has 1 atom stereocenters. The predicted octanol–water partition coefficient (Wildman–Crippen LogP) is 4.50.